The van der Waals surface area contributed by atoms with Gasteiger partial charge in [-0.3, -0.25) is 14.9 Å². The minimum Gasteiger partial charge on any atom is -0.334 e. The number of nitrogens with one attached hydrogen (secondary N) is 1. The minimum absolute atomic E-state index is 0.0312. The first-order valence-corrected chi connectivity index (χ1v) is 9.74. The van der Waals surface area contributed by atoms with Gasteiger partial charge in [0.1, 0.15) is 5.69 Å². The van der Waals surface area contributed by atoms with Crippen LogP contribution in [0.5, 0.6) is 0 Å². The lowest BCUT2D eigenvalue weighted by Crippen LogP contribution is -3.00. The number of benzene rings is 1. The van der Waals surface area contributed by atoms with Gasteiger partial charge in [-0.2, -0.15) is 0 Å². The predicted molar refractivity (Wildman–Crippen MR) is 98.9 cm³/mol. The van der Waals surface area contributed by atoms with Gasteiger partial charge in [0.2, 0.25) is 0 Å². The molecule has 6 heteroatoms. The standard InChI is InChI=1S/C20H27N3O3/c1-12-3-4-17(23(25)26)19(13(12)2)22-18(24)11-21-20-8-14-5-15(9-20)7-16(6-14)10-20/h3-4,14-16,21H,5-11H2,1-2H3,(H,22,24)/p+1. The number of anilines is 1. The van der Waals surface area contributed by atoms with Gasteiger partial charge in [0.15, 0.2) is 6.54 Å². The summed E-state index contributed by atoms with van der Waals surface area (Å²) in [7, 11) is 0. The molecule has 6 nitrogen and oxygen atoms in total. The molecule has 1 aromatic rings. The molecular formula is C20H28N3O3+. The molecule has 26 heavy (non-hydrogen) atoms. The van der Waals surface area contributed by atoms with Crippen LogP contribution in [0.4, 0.5) is 11.4 Å². The molecule has 1 aromatic carbocycles. The fourth-order valence-corrected chi connectivity index (χ4v) is 6.04. The molecule has 0 aromatic heterocycles. The topological polar surface area (TPSA) is 88.9 Å². The molecule has 140 valence electrons. The average Bonchev–Trinajstić information content (AvgIpc) is 2.56. The van der Waals surface area contributed by atoms with E-state index < -0.39 is 4.92 Å². The smallest absolute Gasteiger partial charge is 0.293 e. The molecule has 0 spiro atoms. The molecule has 0 aliphatic heterocycles. The third kappa shape index (κ3) is 3.11. The third-order valence-electron chi connectivity index (χ3n) is 6.98. The van der Waals surface area contributed by atoms with Gasteiger partial charge in [0, 0.05) is 25.3 Å². The predicted octanol–water partition coefficient (Wildman–Crippen LogP) is 2.68. The normalized spacial score (nSPS) is 31.8. The van der Waals surface area contributed by atoms with Gasteiger partial charge in [-0.05, 0) is 62.0 Å². The molecule has 3 N–H and O–H groups in total. The molecule has 5 rings (SSSR count). The van der Waals surface area contributed by atoms with Crippen LogP contribution in [0.1, 0.15) is 49.7 Å². The van der Waals surface area contributed by atoms with Crippen molar-refractivity contribution in [1.29, 1.82) is 0 Å². The quantitative estimate of drug-likeness (QED) is 0.626. The van der Waals surface area contributed by atoms with Crippen LogP contribution in [-0.4, -0.2) is 22.9 Å². The Morgan fingerprint density at radius 3 is 2.31 bits per heavy atom. The van der Waals surface area contributed by atoms with Gasteiger partial charge in [-0.25, -0.2) is 0 Å². The zero-order valence-electron chi connectivity index (χ0n) is 15.6. The summed E-state index contributed by atoms with van der Waals surface area (Å²) in [4.78, 5) is 23.5. The Kier molecular flexibility index (Phi) is 4.26. The highest BCUT2D eigenvalue weighted by Gasteiger charge is 2.53. The maximum Gasteiger partial charge on any atom is 0.293 e. The SMILES string of the molecule is Cc1ccc([N+](=O)[O-])c(NC(=O)C[NH2+]C23CC4CC(CC(C4)C2)C3)c1C. The van der Waals surface area contributed by atoms with Crippen molar-refractivity contribution < 1.29 is 15.0 Å². The first-order valence-electron chi connectivity index (χ1n) is 9.74. The van der Waals surface area contributed by atoms with E-state index in [1.54, 1.807) is 6.07 Å². The van der Waals surface area contributed by atoms with Crippen molar-refractivity contribution in [1.82, 2.24) is 0 Å². The number of nitro benzene ring substituents is 1. The number of carbonyl (C=O) groups is 1. The van der Waals surface area contributed by atoms with Gasteiger partial charge in [0.25, 0.3) is 11.6 Å². The van der Waals surface area contributed by atoms with Gasteiger partial charge in [0.05, 0.1) is 10.5 Å². The number of quaternary nitrogens is 1. The van der Waals surface area contributed by atoms with Crippen LogP contribution in [0.25, 0.3) is 0 Å². The fraction of sp³-hybridized carbons (Fsp3) is 0.650. The van der Waals surface area contributed by atoms with Crippen LogP contribution in [0, 0.1) is 41.7 Å². The number of nitro groups is 1. The average molecular weight is 358 g/mol. The zero-order valence-corrected chi connectivity index (χ0v) is 15.6. The van der Waals surface area contributed by atoms with Crippen molar-refractivity contribution in [2.75, 3.05) is 11.9 Å². The number of nitrogens with zero attached hydrogens (tertiary/aromatic N) is 1. The van der Waals surface area contributed by atoms with Crippen molar-refractivity contribution in [3.8, 4) is 0 Å². The van der Waals surface area contributed by atoms with Crippen LogP contribution >= 0.6 is 0 Å². The first-order chi connectivity index (χ1) is 12.3. The molecule has 4 saturated carbocycles. The van der Waals surface area contributed by atoms with Crippen LogP contribution in [0.2, 0.25) is 0 Å². The lowest BCUT2D eigenvalue weighted by molar-refractivity contribution is -0.729. The van der Waals surface area contributed by atoms with E-state index >= 15 is 0 Å². The lowest BCUT2D eigenvalue weighted by Gasteiger charge is -2.54. The van der Waals surface area contributed by atoms with Crippen molar-refractivity contribution >= 4 is 17.3 Å². The third-order valence-corrected chi connectivity index (χ3v) is 6.98. The van der Waals surface area contributed by atoms with E-state index in [9.17, 15) is 14.9 Å². The summed E-state index contributed by atoms with van der Waals surface area (Å²) in [5.74, 6) is 2.40. The molecule has 0 heterocycles. The number of hydrogen-bond donors (Lipinski definition) is 2. The maximum absolute atomic E-state index is 12.6. The second-order valence-electron chi connectivity index (χ2n) is 8.90. The van der Waals surface area contributed by atoms with Gasteiger partial charge < -0.3 is 10.6 Å². The second-order valence-corrected chi connectivity index (χ2v) is 8.90. The molecule has 0 unspecified atom stereocenters. The lowest BCUT2D eigenvalue weighted by atomic mass is 9.53. The Labute approximate surface area is 153 Å². The molecule has 4 bridgehead atoms. The number of hydrogen-bond acceptors (Lipinski definition) is 3. The largest absolute Gasteiger partial charge is 0.334 e. The molecule has 4 fully saturated rings. The molecule has 0 saturated heterocycles. The number of nitrogens with two attached hydrogens (primary N) is 1. The molecular weight excluding hydrogens is 330 g/mol. The van der Waals surface area contributed by atoms with E-state index in [0.29, 0.717) is 12.2 Å². The fourth-order valence-electron chi connectivity index (χ4n) is 6.04. The Bertz CT molecular complexity index is 724. The Hall–Kier alpha value is -1.95. The summed E-state index contributed by atoms with van der Waals surface area (Å²) in [6.45, 7) is 4.06. The van der Waals surface area contributed by atoms with Gasteiger partial charge >= 0.3 is 0 Å². The molecule has 0 radical (unpaired) electrons. The number of aryl methyl sites for hydroxylation is 1. The Morgan fingerprint density at radius 1 is 1.19 bits per heavy atom. The highest BCUT2D eigenvalue weighted by atomic mass is 16.6. The van der Waals surface area contributed by atoms with Gasteiger partial charge in [-0.15, -0.1) is 0 Å². The molecule has 0 atom stereocenters. The Balaban J connectivity index is 1.44. The van der Waals surface area contributed by atoms with Crippen molar-refractivity contribution in [3.05, 3.63) is 33.4 Å². The van der Waals surface area contributed by atoms with Crippen molar-refractivity contribution in [2.24, 2.45) is 17.8 Å². The van der Waals surface area contributed by atoms with E-state index in [-0.39, 0.29) is 17.1 Å². The van der Waals surface area contributed by atoms with E-state index in [4.69, 9.17) is 0 Å². The van der Waals surface area contributed by atoms with Crippen LogP contribution in [0.15, 0.2) is 12.1 Å². The van der Waals surface area contributed by atoms with E-state index in [2.05, 4.69) is 10.6 Å². The van der Waals surface area contributed by atoms with Gasteiger partial charge in [-0.1, -0.05) is 6.07 Å². The monoisotopic (exact) mass is 358 g/mol. The summed E-state index contributed by atoms with van der Waals surface area (Å²) in [5, 5.41) is 16.4. The second kappa shape index (κ2) is 6.34. The minimum atomic E-state index is -0.426. The maximum atomic E-state index is 12.6. The van der Waals surface area contributed by atoms with E-state index in [1.807, 2.05) is 13.8 Å². The van der Waals surface area contributed by atoms with Crippen LogP contribution < -0.4 is 10.6 Å². The summed E-state index contributed by atoms with van der Waals surface area (Å²) in [6.07, 6.45) is 7.84. The summed E-state index contributed by atoms with van der Waals surface area (Å²) >= 11 is 0. The van der Waals surface area contributed by atoms with E-state index in [1.165, 1.54) is 44.6 Å². The van der Waals surface area contributed by atoms with Crippen LogP contribution in [0.3, 0.4) is 0 Å². The number of amides is 1. The van der Waals surface area contributed by atoms with E-state index in [0.717, 1.165) is 28.9 Å². The summed E-state index contributed by atoms with van der Waals surface area (Å²) in [5.41, 5.74) is 2.26. The molecule has 1 amide bonds. The first kappa shape index (κ1) is 17.5. The summed E-state index contributed by atoms with van der Waals surface area (Å²) in [6, 6.07) is 3.20. The van der Waals surface area contributed by atoms with Crippen molar-refractivity contribution in [3.63, 3.8) is 0 Å². The van der Waals surface area contributed by atoms with Crippen molar-refractivity contribution in [2.45, 2.75) is 57.9 Å². The molecule has 4 aliphatic carbocycles. The number of rotatable bonds is 5. The Morgan fingerprint density at radius 2 is 1.77 bits per heavy atom. The van der Waals surface area contributed by atoms with Crippen LogP contribution in [-0.2, 0) is 4.79 Å². The highest BCUT2D eigenvalue weighted by Crippen LogP contribution is 2.54. The highest BCUT2D eigenvalue weighted by molar-refractivity contribution is 5.94. The zero-order chi connectivity index (χ0) is 18.5. The molecule has 4 aliphatic rings. The number of carbonyl (C=O) groups excluding carboxylic acids is 1. The summed E-state index contributed by atoms with van der Waals surface area (Å²) < 4.78 is 0.